The maximum absolute atomic E-state index is 8.25. The number of hydrogen-bond donors (Lipinski definition) is 2. The lowest BCUT2D eigenvalue weighted by molar-refractivity contribution is -0.283. The minimum Gasteiger partial charge on any atom is -0.554 e. The molecule has 0 aromatic heterocycles. The highest BCUT2D eigenvalue weighted by Crippen LogP contribution is 1.21. The molecule has 0 aliphatic rings. The highest BCUT2D eigenvalue weighted by molar-refractivity contribution is 5.29. The van der Waals surface area contributed by atoms with Crippen LogP contribution in [0.1, 0.15) is 6.92 Å². The third-order valence-electron chi connectivity index (χ3n) is 0. The number of nitrogens with zero attached hydrogens (tertiary/aromatic N) is 1. The average molecular weight is 136 g/mol. The van der Waals surface area contributed by atoms with Crippen molar-refractivity contribution in [2.75, 3.05) is 7.11 Å². The third kappa shape index (κ3) is 131. The number of carboxylic acid groups (broad SMARTS) is 1. The predicted octanol–water partition coefficient (Wildman–Crippen LogP) is -1.12. The lowest BCUT2D eigenvalue weighted by atomic mass is 11.0. The van der Waals surface area contributed by atoms with Gasteiger partial charge in [-0.25, -0.2) is 0 Å². The lowest BCUT2D eigenvalue weighted by Gasteiger charge is -1.52. The van der Waals surface area contributed by atoms with Gasteiger partial charge in [-0.1, -0.05) is 0 Å². The van der Waals surface area contributed by atoms with Crippen LogP contribution in [0.2, 0.25) is 0 Å². The Labute approximate surface area is 54.1 Å². The summed E-state index contributed by atoms with van der Waals surface area (Å²) in [6.07, 6.45) is 0. The van der Waals surface area contributed by atoms with Crippen LogP contribution in [0.25, 0.3) is 0 Å². The molecular weight excluding hydrogens is 124 g/mol. The van der Waals surface area contributed by atoms with E-state index >= 15 is 0 Å². The van der Waals surface area contributed by atoms with E-state index in [9.17, 15) is 0 Å². The van der Waals surface area contributed by atoms with Gasteiger partial charge in [-0.15, -0.1) is 0 Å². The standard InChI is InChI=1S/C2H3N.CH2O2.CH4O.H3N/c1-2-3;2-1-3;1-2;/h1H3;1H,(H,2,3);2H,1H3;1H3. The monoisotopic (exact) mass is 136 g/mol. The Bertz CT molecular complexity index is 59.3. The topological polar surface area (TPSA) is 121 Å². The number of carbonyl (C=O) groups is 1. The van der Waals surface area contributed by atoms with Gasteiger partial charge in [-0.3, -0.25) is 0 Å². The summed E-state index contributed by atoms with van der Waals surface area (Å²) in [4.78, 5) is 8.25. The van der Waals surface area contributed by atoms with Crippen LogP contribution >= 0.6 is 0 Å². The summed E-state index contributed by atoms with van der Waals surface area (Å²) < 4.78 is 0. The van der Waals surface area contributed by atoms with Crippen molar-refractivity contribution < 1.29 is 15.0 Å². The van der Waals surface area contributed by atoms with E-state index in [-0.39, 0.29) is 6.15 Å². The van der Waals surface area contributed by atoms with Gasteiger partial charge in [-0.05, 0) is 0 Å². The number of hydrogen-bond acceptors (Lipinski definition) is 4. The maximum Gasteiger partial charge on any atom is 0.0587 e. The lowest BCUT2D eigenvalue weighted by Crippen LogP contribution is -2.01. The van der Waals surface area contributed by atoms with Gasteiger partial charge < -0.3 is 21.2 Å². The van der Waals surface area contributed by atoms with Crippen LogP contribution in [0, 0.1) is 11.3 Å². The van der Waals surface area contributed by atoms with Gasteiger partial charge in [0.15, 0.2) is 0 Å². The molecule has 0 fully saturated rings. The third-order valence-corrected chi connectivity index (χ3v) is 0. The van der Waals surface area contributed by atoms with E-state index in [1.54, 1.807) is 6.07 Å². The molecule has 5 heteroatoms. The molecule has 0 bridgehead atoms. The molecule has 0 unspecified atom stereocenters. The van der Waals surface area contributed by atoms with Gasteiger partial charge in [0, 0.05) is 20.5 Å². The predicted molar refractivity (Wildman–Crippen MR) is 31.5 cm³/mol. The Morgan fingerprint density at radius 1 is 1.67 bits per heavy atom. The van der Waals surface area contributed by atoms with Crippen molar-refractivity contribution in [2.24, 2.45) is 0 Å². The van der Waals surface area contributed by atoms with E-state index in [1.165, 1.54) is 6.92 Å². The number of rotatable bonds is 0. The molecule has 56 valence electrons. The van der Waals surface area contributed by atoms with Crippen LogP contribution in [0.5, 0.6) is 0 Å². The Kier molecular flexibility index (Phi) is 846. The first-order chi connectivity index (χ1) is 3.83. The number of quaternary nitrogens is 1. The minimum absolute atomic E-state index is 0. The molecule has 0 saturated carbocycles. The van der Waals surface area contributed by atoms with Crippen LogP contribution in [-0.2, 0) is 4.79 Å². The molecule has 0 saturated heterocycles. The molecule has 0 rings (SSSR count). The molecule has 0 spiro atoms. The van der Waals surface area contributed by atoms with Crippen molar-refractivity contribution in [1.82, 2.24) is 6.15 Å². The molecule has 0 aliphatic carbocycles. The Balaban J connectivity index is -0.0000000202. The quantitative estimate of drug-likeness (QED) is 0.409. The Hall–Kier alpha value is -1.12. The first kappa shape index (κ1) is 24.8. The van der Waals surface area contributed by atoms with E-state index in [0.717, 1.165) is 7.11 Å². The van der Waals surface area contributed by atoms with Gasteiger partial charge in [0.05, 0.1) is 6.07 Å². The summed E-state index contributed by atoms with van der Waals surface area (Å²) in [6, 6.07) is 1.75. The second kappa shape index (κ2) is 307. The fraction of sp³-hybridized carbons (Fsp3) is 0.500. The van der Waals surface area contributed by atoms with Crippen LogP contribution in [0.3, 0.4) is 0 Å². The van der Waals surface area contributed by atoms with Crippen LogP contribution < -0.4 is 11.3 Å². The van der Waals surface area contributed by atoms with E-state index in [1.807, 2.05) is 0 Å². The molecule has 0 aliphatic heterocycles. The molecule has 5 N–H and O–H groups in total. The minimum atomic E-state index is -0.500. The highest BCUT2D eigenvalue weighted by atomic mass is 16.3. The highest BCUT2D eigenvalue weighted by Gasteiger charge is 1.17. The number of aliphatic hydroxyl groups is 1. The van der Waals surface area contributed by atoms with Gasteiger partial charge >= 0.3 is 0 Å². The molecule has 0 aromatic carbocycles. The normalized spacial score (nSPS) is 2.89. The molecule has 0 amide bonds. The molecule has 0 radical (unpaired) electrons. The summed E-state index contributed by atoms with van der Waals surface area (Å²) in [5.74, 6) is 0. The zero-order valence-corrected chi connectivity index (χ0v) is 5.79. The zero-order chi connectivity index (χ0) is 7.41. The molecule has 0 atom stereocenters. The van der Waals surface area contributed by atoms with Gasteiger partial charge in [0.2, 0.25) is 0 Å². The first-order valence-electron chi connectivity index (χ1n) is 1.64. The molecule has 0 aromatic rings. The van der Waals surface area contributed by atoms with E-state index in [2.05, 4.69) is 0 Å². The summed E-state index contributed by atoms with van der Waals surface area (Å²) in [5, 5.41) is 22.6. The fourth-order valence-corrected chi connectivity index (χ4v) is 0. The van der Waals surface area contributed by atoms with E-state index in [4.69, 9.17) is 20.3 Å². The van der Waals surface area contributed by atoms with E-state index in [0.29, 0.717) is 0 Å². The number of carbonyl (C=O) groups excluding carboxylic acids is 1. The van der Waals surface area contributed by atoms with Crippen LogP contribution in [-0.4, -0.2) is 18.7 Å². The van der Waals surface area contributed by atoms with Gasteiger partial charge in [0.1, 0.15) is 0 Å². The fourth-order valence-electron chi connectivity index (χ4n) is 0. The zero-order valence-electron chi connectivity index (χ0n) is 5.79. The summed E-state index contributed by atoms with van der Waals surface area (Å²) in [5.41, 5.74) is 0. The first-order valence-corrected chi connectivity index (χ1v) is 1.64. The van der Waals surface area contributed by atoms with Crippen molar-refractivity contribution in [3.8, 4) is 6.07 Å². The summed E-state index contributed by atoms with van der Waals surface area (Å²) in [7, 11) is 1.00. The SMILES string of the molecule is CC#N.CO.O=C[O-].[NH4+]. The molecular formula is C4H12N2O3. The molecule has 0 heterocycles. The summed E-state index contributed by atoms with van der Waals surface area (Å²) in [6.45, 7) is 0.931. The van der Waals surface area contributed by atoms with Gasteiger partial charge in [0.25, 0.3) is 0 Å². The number of nitriles is 1. The van der Waals surface area contributed by atoms with Crippen LogP contribution in [0.4, 0.5) is 0 Å². The van der Waals surface area contributed by atoms with Crippen molar-refractivity contribution in [3.63, 3.8) is 0 Å². The van der Waals surface area contributed by atoms with Crippen molar-refractivity contribution >= 4 is 6.47 Å². The number of aliphatic hydroxyl groups excluding tert-OH is 1. The Morgan fingerprint density at radius 2 is 1.67 bits per heavy atom. The van der Waals surface area contributed by atoms with Gasteiger partial charge in [-0.2, -0.15) is 5.26 Å². The average Bonchev–Trinajstić information content (AvgIpc) is 1.75. The van der Waals surface area contributed by atoms with Crippen molar-refractivity contribution in [3.05, 3.63) is 0 Å². The summed E-state index contributed by atoms with van der Waals surface area (Å²) >= 11 is 0. The van der Waals surface area contributed by atoms with Crippen molar-refractivity contribution in [1.29, 1.82) is 5.26 Å². The Morgan fingerprint density at radius 3 is 1.67 bits per heavy atom. The molecule has 9 heavy (non-hydrogen) atoms. The van der Waals surface area contributed by atoms with Crippen LogP contribution in [0.15, 0.2) is 0 Å². The smallest absolute Gasteiger partial charge is 0.0587 e. The second-order valence-corrected chi connectivity index (χ2v) is 0.320. The van der Waals surface area contributed by atoms with Crippen molar-refractivity contribution in [2.45, 2.75) is 6.92 Å². The maximum atomic E-state index is 8.25. The largest absolute Gasteiger partial charge is 0.554 e. The molecule has 5 nitrogen and oxygen atoms in total. The van der Waals surface area contributed by atoms with E-state index < -0.39 is 6.47 Å². The second-order valence-electron chi connectivity index (χ2n) is 0.320.